The summed E-state index contributed by atoms with van der Waals surface area (Å²) in [6.45, 7) is 2.49. The van der Waals surface area contributed by atoms with Gasteiger partial charge in [-0.05, 0) is 42.8 Å². The Morgan fingerprint density at radius 3 is 2.70 bits per heavy atom. The zero-order valence-electron chi connectivity index (χ0n) is 16.3. The number of rotatable bonds is 6. The van der Waals surface area contributed by atoms with Crippen LogP contribution in [-0.4, -0.2) is 12.1 Å². The molecule has 3 aromatic carbocycles. The molecule has 0 bridgehead atoms. The molecule has 0 radical (unpaired) electrons. The molecule has 6 heteroatoms. The molecule has 30 heavy (non-hydrogen) atoms. The third-order valence-electron chi connectivity index (χ3n) is 4.51. The summed E-state index contributed by atoms with van der Waals surface area (Å²) in [4.78, 5) is 12.3. The van der Waals surface area contributed by atoms with E-state index in [1.165, 1.54) is 5.56 Å². The fraction of sp³-hybridized carbons (Fsp3) is 0.0833. The number of halogens is 1. The lowest BCUT2D eigenvalue weighted by Crippen LogP contribution is -2.16. The SMILES string of the molecule is Cc1ccc(COc2ccc(Br)cc2/C=N/NC(=O)c2cc3ccccc3o2)cc1. The topological polar surface area (TPSA) is 63.8 Å². The van der Waals surface area contributed by atoms with Crippen molar-refractivity contribution in [1.82, 2.24) is 5.43 Å². The first kappa shape index (κ1) is 19.9. The van der Waals surface area contributed by atoms with E-state index in [0.717, 1.165) is 21.0 Å². The molecule has 5 nitrogen and oxygen atoms in total. The van der Waals surface area contributed by atoms with Crippen LogP contribution in [0.15, 0.2) is 86.8 Å². The van der Waals surface area contributed by atoms with E-state index in [1.54, 1.807) is 12.3 Å². The molecule has 0 spiro atoms. The largest absolute Gasteiger partial charge is 0.488 e. The lowest BCUT2D eigenvalue weighted by molar-refractivity contribution is 0.0929. The van der Waals surface area contributed by atoms with Crippen LogP contribution in [0.25, 0.3) is 11.0 Å². The average Bonchev–Trinajstić information content (AvgIpc) is 3.19. The number of hydrogen-bond donors (Lipinski definition) is 1. The lowest BCUT2D eigenvalue weighted by Gasteiger charge is -2.10. The fourth-order valence-electron chi connectivity index (χ4n) is 2.91. The van der Waals surface area contributed by atoms with Gasteiger partial charge >= 0.3 is 5.91 Å². The van der Waals surface area contributed by atoms with E-state index in [9.17, 15) is 4.79 Å². The second-order valence-corrected chi connectivity index (χ2v) is 7.72. The molecule has 0 aliphatic heterocycles. The van der Waals surface area contributed by atoms with Crippen molar-refractivity contribution in [1.29, 1.82) is 0 Å². The number of amides is 1. The molecule has 1 heterocycles. The summed E-state index contributed by atoms with van der Waals surface area (Å²) >= 11 is 3.46. The molecular formula is C24H19BrN2O3. The molecule has 1 aromatic heterocycles. The number of aryl methyl sites for hydroxylation is 1. The van der Waals surface area contributed by atoms with Gasteiger partial charge in [-0.3, -0.25) is 4.79 Å². The molecule has 1 N–H and O–H groups in total. The van der Waals surface area contributed by atoms with E-state index >= 15 is 0 Å². The summed E-state index contributed by atoms with van der Waals surface area (Å²) in [7, 11) is 0. The molecule has 0 unspecified atom stereocenters. The normalized spacial score (nSPS) is 11.1. The predicted octanol–water partition coefficient (Wildman–Crippen LogP) is 5.85. The number of furan rings is 1. The van der Waals surface area contributed by atoms with E-state index in [2.05, 4.69) is 38.6 Å². The molecule has 0 fully saturated rings. The first-order chi connectivity index (χ1) is 14.6. The van der Waals surface area contributed by atoms with Gasteiger partial charge < -0.3 is 9.15 Å². The zero-order valence-corrected chi connectivity index (χ0v) is 17.8. The highest BCUT2D eigenvalue weighted by Gasteiger charge is 2.11. The number of carbonyl (C=O) groups is 1. The monoisotopic (exact) mass is 462 g/mol. The van der Waals surface area contributed by atoms with Crippen molar-refractivity contribution in [2.24, 2.45) is 5.10 Å². The predicted molar refractivity (Wildman–Crippen MR) is 121 cm³/mol. The Balaban J connectivity index is 1.45. The summed E-state index contributed by atoms with van der Waals surface area (Å²) in [6, 6.07) is 23.0. The molecular weight excluding hydrogens is 444 g/mol. The number of para-hydroxylation sites is 1. The Morgan fingerprint density at radius 1 is 1.10 bits per heavy atom. The smallest absolute Gasteiger partial charge is 0.307 e. The van der Waals surface area contributed by atoms with E-state index in [-0.39, 0.29) is 5.76 Å². The van der Waals surface area contributed by atoms with Gasteiger partial charge in [0.2, 0.25) is 0 Å². The van der Waals surface area contributed by atoms with E-state index in [4.69, 9.17) is 9.15 Å². The van der Waals surface area contributed by atoms with E-state index in [1.807, 2.05) is 61.5 Å². The van der Waals surface area contributed by atoms with Crippen molar-refractivity contribution in [3.8, 4) is 5.75 Å². The van der Waals surface area contributed by atoms with Crippen molar-refractivity contribution in [2.45, 2.75) is 13.5 Å². The standard InChI is InChI=1S/C24H19BrN2O3/c1-16-6-8-17(9-7-16)15-29-21-11-10-20(25)12-19(21)14-26-27-24(28)23-13-18-4-2-3-5-22(18)30-23/h2-14H,15H2,1H3,(H,27,28)/b26-14+. The fourth-order valence-corrected chi connectivity index (χ4v) is 3.29. The second kappa shape index (κ2) is 8.97. The molecule has 0 aliphatic rings. The Kier molecular flexibility index (Phi) is 5.95. The number of benzene rings is 3. The van der Waals surface area contributed by atoms with Gasteiger partial charge in [0.05, 0.1) is 6.21 Å². The van der Waals surface area contributed by atoms with Gasteiger partial charge in [0.15, 0.2) is 5.76 Å². The van der Waals surface area contributed by atoms with E-state index in [0.29, 0.717) is 17.9 Å². The third kappa shape index (κ3) is 4.78. The van der Waals surface area contributed by atoms with Crippen molar-refractivity contribution < 1.29 is 13.9 Å². The van der Waals surface area contributed by atoms with Crippen LogP contribution in [0.1, 0.15) is 27.2 Å². The van der Waals surface area contributed by atoms with Crippen LogP contribution in [0.4, 0.5) is 0 Å². The van der Waals surface area contributed by atoms with Crippen molar-refractivity contribution in [2.75, 3.05) is 0 Å². The van der Waals surface area contributed by atoms with E-state index < -0.39 is 5.91 Å². The van der Waals surface area contributed by atoms with Gasteiger partial charge in [-0.25, -0.2) is 5.43 Å². The van der Waals surface area contributed by atoms with Crippen LogP contribution in [0.3, 0.4) is 0 Å². The Morgan fingerprint density at radius 2 is 1.90 bits per heavy atom. The van der Waals surface area contributed by atoms with Gasteiger partial charge in [-0.2, -0.15) is 5.10 Å². The van der Waals surface area contributed by atoms with Gasteiger partial charge in [0, 0.05) is 15.4 Å². The summed E-state index contributed by atoms with van der Waals surface area (Å²) in [5.74, 6) is 0.457. The minimum atomic E-state index is -0.417. The molecule has 0 saturated carbocycles. The van der Waals surface area contributed by atoms with Gasteiger partial charge in [-0.1, -0.05) is 64.0 Å². The Labute approximate surface area is 182 Å². The number of carbonyl (C=O) groups excluding carboxylic acids is 1. The highest BCUT2D eigenvalue weighted by atomic mass is 79.9. The van der Waals surface area contributed by atoms with Crippen LogP contribution in [0, 0.1) is 6.92 Å². The molecule has 1 amide bonds. The molecule has 0 atom stereocenters. The van der Waals surface area contributed by atoms with Crippen LogP contribution >= 0.6 is 15.9 Å². The van der Waals surface area contributed by atoms with Crippen LogP contribution in [0.5, 0.6) is 5.75 Å². The van der Waals surface area contributed by atoms with Gasteiger partial charge in [0.1, 0.15) is 17.9 Å². The third-order valence-corrected chi connectivity index (χ3v) is 5.00. The van der Waals surface area contributed by atoms with Gasteiger partial charge in [-0.15, -0.1) is 0 Å². The summed E-state index contributed by atoms with van der Waals surface area (Å²) in [6.07, 6.45) is 1.55. The Bertz CT molecular complexity index is 1180. The summed E-state index contributed by atoms with van der Waals surface area (Å²) in [5, 5.41) is 4.94. The van der Waals surface area contributed by atoms with Crippen LogP contribution < -0.4 is 10.2 Å². The van der Waals surface area contributed by atoms with Crippen LogP contribution in [-0.2, 0) is 6.61 Å². The highest BCUT2D eigenvalue weighted by Crippen LogP contribution is 2.23. The average molecular weight is 463 g/mol. The number of fused-ring (bicyclic) bond motifs is 1. The molecule has 0 saturated heterocycles. The first-order valence-corrected chi connectivity index (χ1v) is 10.2. The minimum Gasteiger partial charge on any atom is -0.488 e. The highest BCUT2D eigenvalue weighted by molar-refractivity contribution is 9.10. The van der Waals surface area contributed by atoms with Crippen LogP contribution in [0.2, 0.25) is 0 Å². The first-order valence-electron chi connectivity index (χ1n) is 9.38. The number of nitrogens with zero attached hydrogens (tertiary/aromatic N) is 1. The molecule has 0 aliphatic carbocycles. The summed E-state index contributed by atoms with van der Waals surface area (Å²) in [5.41, 5.74) is 6.17. The zero-order chi connectivity index (χ0) is 20.9. The number of nitrogens with one attached hydrogen (secondary N) is 1. The number of ether oxygens (including phenoxy) is 1. The maximum Gasteiger partial charge on any atom is 0.307 e. The lowest BCUT2D eigenvalue weighted by atomic mass is 10.1. The number of hydrogen-bond acceptors (Lipinski definition) is 4. The maximum atomic E-state index is 12.3. The van der Waals surface area contributed by atoms with Crippen molar-refractivity contribution in [3.05, 3.63) is 99.7 Å². The second-order valence-electron chi connectivity index (χ2n) is 6.80. The quantitative estimate of drug-likeness (QED) is 0.288. The minimum absolute atomic E-state index is 0.207. The molecule has 4 rings (SSSR count). The molecule has 4 aromatic rings. The maximum absolute atomic E-state index is 12.3. The Hall–Kier alpha value is -3.38. The summed E-state index contributed by atoms with van der Waals surface area (Å²) < 4.78 is 12.4. The number of hydrazone groups is 1. The molecule has 150 valence electrons. The van der Waals surface area contributed by atoms with Crippen molar-refractivity contribution >= 4 is 39.0 Å². The van der Waals surface area contributed by atoms with Crippen molar-refractivity contribution in [3.63, 3.8) is 0 Å². The van der Waals surface area contributed by atoms with Gasteiger partial charge in [0.25, 0.3) is 0 Å².